The molecule has 1 fully saturated rings. The van der Waals surface area contributed by atoms with Gasteiger partial charge in [0.25, 0.3) is 0 Å². The van der Waals surface area contributed by atoms with E-state index in [1.807, 2.05) is 12.1 Å². The molecule has 1 aliphatic heterocycles. The van der Waals surface area contributed by atoms with Gasteiger partial charge in [0.05, 0.1) is 12.7 Å². The van der Waals surface area contributed by atoms with Crippen LogP contribution >= 0.6 is 23.2 Å². The summed E-state index contributed by atoms with van der Waals surface area (Å²) in [6.45, 7) is 6.30. The number of halogens is 2. The molecule has 106 valence electrons. The van der Waals surface area contributed by atoms with Gasteiger partial charge in [-0.05, 0) is 37.6 Å². The SMILES string of the molecule is CC1CN(C(CN)c2cc(Cl)ccc2Cl)C(C)CO1. The largest absolute Gasteiger partial charge is 0.376 e. The Labute approximate surface area is 124 Å². The van der Waals surface area contributed by atoms with Crippen LogP contribution in [0.1, 0.15) is 25.5 Å². The van der Waals surface area contributed by atoms with Gasteiger partial charge in [0, 0.05) is 35.2 Å². The molecular weight excluding hydrogens is 283 g/mol. The quantitative estimate of drug-likeness (QED) is 0.932. The molecule has 2 rings (SSSR count). The maximum Gasteiger partial charge on any atom is 0.0675 e. The topological polar surface area (TPSA) is 38.5 Å². The lowest BCUT2D eigenvalue weighted by atomic mass is 10.0. The maximum absolute atomic E-state index is 6.30. The summed E-state index contributed by atoms with van der Waals surface area (Å²) in [6, 6.07) is 5.93. The number of ether oxygens (including phenoxy) is 1. The molecule has 2 N–H and O–H groups in total. The van der Waals surface area contributed by atoms with Crippen LogP contribution < -0.4 is 5.73 Å². The number of hydrogen-bond donors (Lipinski definition) is 1. The van der Waals surface area contributed by atoms with Crippen LogP contribution in [0.5, 0.6) is 0 Å². The molecule has 0 aromatic heterocycles. The highest BCUT2D eigenvalue weighted by Gasteiger charge is 2.30. The van der Waals surface area contributed by atoms with E-state index in [1.165, 1.54) is 0 Å². The Kier molecular flexibility index (Phi) is 5.09. The predicted octanol–water partition coefficient (Wildman–Crippen LogP) is 3.10. The van der Waals surface area contributed by atoms with Crippen molar-refractivity contribution in [3.8, 4) is 0 Å². The minimum atomic E-state index is 0.0764. The van der Waals surface area contributed by atoms with Crippen LogP contribution in [0.15, 0.2) is 18.2 Å². The van der Waals surface area contributed by atoms with E-state index in [0.29, 0.717) is 22.6 Å². The summed E-state index contributed by atoms with van der Waals surface area (Å²) in [7, 11) is 0. The van der Waals surface area contributed by atoms with Gasteiger partial charge >= 0.3 is 0 Å². The van der Waals surface area contributed by atoms with Crippen molar-refractivity contribution in [2.24, 2.45) is 5.73 Å². The molecule has 0 radical (unpaired) electrons. The Balaban J connectivity index is 2.30. The van der Waals surface area contributed by atoms with Gasteiger partial charge in [0.1, 0.15) is 0 Å². The summed E-state index contributed by atoms with van der Waals surface area (Å²) in [4.78, 5) is 2.35. The van der Waals surface area contributed by atoms with Crippen molar-refractivity contribution in [3.63, 3.8) is 0 Å². The second kappa shape index (κ2) is 6.42. The Morgan fingerprint density at radius 1 is 1.42 bits per heavy atom. The Bertz CT molecular complexity index is 441. The predicted molar refractivity (Wildman–Crippen MR) is 79.8 cm³/mol. The summed E-state index contributed by atoms with van der Waals surface area (Å²) in [5, 5.41) is 1.40. The lowest BCUT2D eigenvalue weighted by Crippen LogP contribution is -2.50. The zero-order valence-corrected chi connectivity index (χ0v) is 12.8. The molecule has 19 heavy (non-hydrogen) atoms. The van der Waals surface area contributed by atoms with Crippen molar-refractivity contribution < 1.29 is 4.74 Å². The number of benzene rings is 1. The van der Waals surface area contributed by atoms with E-state index >= 15 is 0 Å². The summed E-state index contributed by atoms with van der Waals surface area (Å²) in [6.07, 6.45) is 0.211. The minimum Gasteiger partial charge on any atom is -0.376 e. The van der Waals surface area contributed by atoms with Crippen LogP contribution in [0, 0.1) is 0 Å². The van der Waals surface area contributed by atoms with E-state index in [9.17, 15) is 0 Å². The van der Waals surface area contributed by atoms with Crippen molar-refractivity contribution in [3.05, 3.63) is 33.8 Å². The number of nitrogens with zero attached hydrogens (tertiary/aromatic N) is 1. The monoisotopic (exact) mass is 302 g/mol. The lowest BCUT2D eigenvalue weighted by Gasteiger charge is -2.42. The second-order valence-corrected chi connectivity index (χ2v) is 5.95. The Hall–Kier alpha value is -0.320. The Morgan fingerprint density at radius 3 is 2.84 bits per heavy atom. The molecule has 0 amide bonds. The van der Waals surface area contributed by atoms with Gasteiger partial charge in [-0.1, -0.05) is 23.2 Å². The highest BCUT2D eigenvalue weighted by atomic mass is 35.5. The first kappa shape index (κ1) is 15.1. The highest BCUT2D eigenvalue weighted by molar-refractivity contribution is 6.33. The highest BCUT2D eigenvalue weighted by Crippen LogP contribution is 2.32. The number of rotatable bonds is 3. The third kappa shape index (κ3) is 3.41. The van der Waals surface area contributed by atoms with Gasteiger partial charge in [0.2, 0.25) is 0 Å². The molecule has 1 aromatic rings. The zero-order chi connectivity index (χ0) is 14.0. The summed E-state index contributed by atoms with van der Waals surface area (Å²) in [5.41, 5.74) is 6.98. The van der Waals surface area contributed by atoms with Gasteiger partial charge in [-0.2, -0.15) is 0 Å². The summed E-state index contributed by atoms with van der Waals surface area (Å²) in [5.74, 6) is 0. The third-order valence-corrected chi connectivity index (χ3v) is 4.18. The average molecular weight is 303 g/mol. The standard InChI is InChI=1S/C14H20Cl2N2O/c1-9-8-19-10(2)7-18(9)14(6-17)12-5-11(15)3-4-13(12)16/h3-5,9-10,14H,6-8,17H2,1-2H3. The number of nitrogens with two attached hydrogens (primary N) is 1. The van der Waals surface area contributed by atoms with Gasteiger partial charge < -0.3 is 10.5 Å². The fourth-order valence-corrected chi connectivity index (χ4v) is 3.00. The first-order valence-corrected chi connectivity index (χ1v) is 7.31. The summed E-state index contributed by atoms with van der Waals surface area (Å²) >= 11 is 12.4. The van der Waals surface area contributed by atoms with Crippen LogP contribution in [-0.2, 0) is 4.74 Å². The first-order valence-electron chi connectivity index (χ1n) is 6.55. The normalized spacial score (nSPS) is 26.4. The van der Waals surface area contributed by atoms with Crippen LogP contribution in [-0.4, -0.2) is 36.7 Å². The van der Waals surface area contributed by atoms with Crippen molar-refractivity contribution in [2.75, 3.05) is 19.7 Å². The molecule has 1 aliphatic rings. The molecule has 5 heteroatoms. The molecule has 0 saturated carbocycles. The minimum absolute atomic E-state index is 0.0764. The molecule has 1 aromatic carbocycles. The average Bonchev–Trinajstić information content (AvgIpc) is 2.38. The molecule has 0 spiro atoms. The molecule has 1 heterocycles. The molecular formula is C14H20Cl2N2O. The van der Waals surface area contributed by atoms with Crippen LogP contribution in [0.2, 0.25) is 10.0 Å². The second-order valence-electron chi connectivity index (χ2n) is 5.11. The lowest BCUT2D eigenvalue weighted by molar-refractivity contribution is -0.0653. The van der Waals surface area contributed by atoms with E-state index < -0.39 is 0 Å². The molecule has 3 unspecified atom stereocenters. The van der Waals surface area contributed by atoms with E-state index in [2.05, 4.69) is 18.7 Å². The molecule has 3 nitrogen and oxygen atoms in total. The van der Waals surface area contributed by atoms with Crippen molar-refractivity contribution in [1.82, 2.24) is 4.90 Å². The van der Waals surface area contributed by atoms with Crippen molar-refractivity contribution >= 4 is 23.2 Å². The van der Waals surface area contributed by atoms with E-state index in [4.69, 9.17) is 33.7 Å². The fourth-order valence-electron chi connectivity index (χ4n) is 2.57. The van der Waals surface area contributed by atoms with E-state index in [1.54, 1.807) is 6.07 Å². The first-order chi connectivity index (χ1) is 9.02. The van der Waals surface area contributed by atoms with Gasteiger partial charge in [-0.25, -0.2) is 0 Å². The van der Waals surface area contributed by atoms with E-state index in [0.717, 1.165) is 18.7 Å². The Morgan fingerprint density at radius 2 is 2.16 bits per heavy atom. The zero-order valence-electron chi connectivity index (χ0n) is 11.3. The number of morpholine rings is 1. The van der Waals surface area contributed by atoms with Crippen LogP contribution in [0.25, 0.3) is 0 Å². The van der Waals surface area contributed by atoms with Gasteiger partial charge in [0.15, 0.2) is 0 Å². The summed E-state index contributed by atoms with van der Waals surface area (Å²) < 4.78 is 5.66. The molecule has 1 saturated heterocycles. The van der Waals surface area contributed by atoms with Gasteiger partial charge in [-0.15, -0.1) is 0 Å². The maximum atomic E-state index is 6.30. The molecule has 0 aliphatic carbocycles. The molecule has 0 bridgehead atoms. The number of hydrogen-bond acceptors (Lipinski definition) is 3. The fraction of sp³-hybridized carbons (Fsp3) is 0.571. The van der Waals surface area contributed by atoms with Crippen molar-refractivity contribution in [2.45, 2.75) is 32.0 Å². The van der Waals surface area contributed by atoms with E-state index in [-0.39, 0.29) is 12.1 Å². The third-order valence-electron chi connectivity index (χ3n) is 3.60. The van der Waals surface area contributed by atoms with Crippen molar-refractivity contribution in [1.29, 1.82) is 0 Å². The smallest absolute Gasteiger partial charge is 0.0675 e. The van der Waals surface area contributed by atoms with Crippen LogP contribution in [0.4, 0.5) is 0 Å². The van der Waals surface area contributed by atoms with Gasteiger partial charge in [-0.3, -0.25) is 4.90 Å². The van der Waals surface area contributed by atoms with Crippen LogP contribution in [0.3, 0.4) is 0 Å². The molecule has 3 atom stereocenters.